The van der Waals surface area contributed by atoms with Gasteiger partial charge < -0.3 is 10.4 Å². The molecule has 6 nitrogen and oxygen atoms in total. The van der Waals surface area contributed by atoms with Crippen molar-refractivity contribution in [1.82, 2.24) is 5.32 Å². The number of carbonyl (C=O) groups is 2. The van der Waals surface area contributed by atoms with Gasteiger partial charge in [-0.2, -0.15) is 0 Å². The van der Waals surface area contributed by atoms with E-state index in [1.165, 1.54) is 12.1 Å². The average molecular weight is 331 g/mol. The number of carboxylic acid groups (broad SMARTS) is 1. The van der Waals surface area contributed by atoms with Crippen molar-refractivity contribution >= 4 is 21.7 Å². The van der Waals surface area contributed by atoms with Crippen molar-refractivity contribution in [1.29, 1.82) is 0 Å². The standard InChI is InChI=1S/C14H18FNO5S/c1-2-7-22(20,21)9-13(17)16-8-12(14(18)19)10-3-5-11(15)6-4-10/h3-6,12H,2,7-9H2,1H3,(H,16,17)(H,18,19). The van der Waals surface area contributed by atoms with Crippen molar-refractivity contribution in [3.8, 4) is 0 Å². The maximum absolute atomic E-state index is 12.8. The predicted octanol–water partition coefficient (Wildman–Crippen LogP) is 0.935. The maximum atomic E-state index is 12.8. The Morgan fingerprint density at radius 3 is 2.36 bits per heavy atom. The van der Waals surface area contributed by atoms with Gasteiger partial charge in [0.2, 0.25) is 5.91 Å². The molecule has 0 heterocycles. The second-order valence-electron chi connectivity index (χ2n) is 4.84. The van der Waals surface area contributed by atoms with Crippen LogP contribution < -0.4 is 5.32 Å². The third kappa shape index (κ3) is 5.80. The van der Waals surface area contributed by atoms with Crippen LogP contribution in [-0.2, 0) is 19.4 Å². The maximum Gasteiger partial charge on any atom is 0.312 e. The number of nitrogens with one attached hydrogen (secondary N) is 1. The summed E-state index contributed by atoms with van der Waals surface area (Å²) in [5.74, 6) is -4.27. The Morgan fingerprint density at radius 2 is 1.86 bits per heavy atom. The molecule has 2 N–H and O–H groups in total. The summed E-state index contributed by atoms with van der Waals surface area (Å²) in [6, 6.07) is 4.87. The lowest BCUT2D eigenvalue weighted by Gasteiger charge is -2.14. The first kappa shape index (κ1) is 18.1. The van der Waals surface area contributed by atoms with E-state index >= 15 is 0 Å². The molecule has 1 rings (SSSR count). The van der Waals surface area contributed by atoms with E-state index in [1.54, 1.807) is 6.92 Å². The molecular weight excluding hydrogens is 313 g/mol. The van der Waals surface area contributed by atoms with Crippen molar-refractivity contribution < 1.29 is 27.5 Å². The Morgan fingerprint density at radius 1 is 1.27 bits per heavy atom. The Labute approximate surface area is 128 Å². The van der Waals surface area contributed by atoms with E-state index in [1.807, 2.05) is 0 Å². The summed E-state index contributed by atoms with van der Waals surface area (Å²) in [5, 5.41) is 11.5. The Balaban J connectivity index is 2.68. The highest BCUT2D eigenvalue weighted by molar-refractivity contribution is 7.92. The number of sulfone groups is 1. The summed E-state index contributed by atoms with van der Waals surface area (Å²) in [4.78, 5) is 22.8. The molecule has 1 aromatic rings. The molecule has 0 saturated carbocycles. The highest BCUT2D eigenvalue weighted by Gasteiger charge is 2.22. The Hall–Kier alpha value is -1.96. The quantitative estimate of drug-likeness (QED) is 0.738. The van der Waals surface area contributed by atoms with Gasteiger partial charge in [-0.3, -0.25) is 9.59 Å². The molecule has 0 aliphatic carbocycles. The van der Waals surface area contributed by atoms with Gasteiger partial charge in [-0.25, -0.2) is 12.8 Å². The van der Waals surface area contributed by atoms with Crippen molar-refractivity contribution in [3.05, 3.63) is 35.6 Å². The van der Waals surface area contributed by atoms with Crippen LogP contribution in [0.3, 0.4) is 0 Å². The van der Waals surface area contributed by atoms with Crippen LogP contribution in [0.25, 0.3) is 0 Å². The Bertz CT molecular complexity index is 627. The van der Waals surface area contributed by atoms with Crippen LogP contribution in [-0.4, -0.2) is 43.5 Å². The zero-order chi connectivity index (χ0) is 16.8. The minimum absolute atomic E-state index is 0.0965. The molecule has 1 atom stereocenters. The van der Waals surface area contributed by atoms with Crippen LogP contribution in [0.1, 0.15) is 24.8 Å². The van der Waals surface area contributed by atoms with Crippen molar-refractivity contribution in [2.75, 3.05) is 18.1 Å². The number of carbonyl (C=O) groups excluding carboxylic acids is 1. The van der Waals surface area contributed by atoms with Gasteiger partial charge in [0, 0.05) is 6.54 Å². The van der Waals surface area contributed by atoms with Gasteiger partial charge in [0.15, 0.2) is 9.84 Å². The van der Waals surface area contributed by atoms with Crippen LogP contribution in [0.5, 0.6) is 0 Å². The largest absolute Gasteiger partial charge is 0.481 e. The van der Waals surface area contributed by atoms with Gasteiger partial charge in [-0.15, -0.1) is 0 Å². The van der Waals surface area contributed by atoms with E-state index in [4.69, 9.17) is 5.11 Å². The van der Waals surface area contributed by atoms with Crippen molar-refractivity contribution in [2.45, 2.75) is 19.3 Å². The minimum atomic E-state index is -3.48. The van der Waals surface area contributed by atoms with E-state index in [9.17, 15) is 22.4 Å². The normalized spacial score (nSPS) is 12.6. The summed E-state index contributed by atoms with van der Waals surface area (Å²) in [7, 11) is -3.48. The molecule has 0 spiro atoms. The first-order valence-corrected chi connectivity index (χ1v) is 8.52. The first-order valence-electron chi connectivity index (χ1n) is 6.70. The third-order valence-electron chi connectivity index (χ3n) is 2.94. The smallest absolute Gasteiger partial charge is 0.312 e. The summed E-state index contributed by atoms with van der Waals surface area (Å²) < 4.78 is 35.9. The van der Waals surface area contributed by atoms with E-state index in [-0.39, 0.29) is 12.3 Å². The monoisotopic (exact) mass is 331 g/mol. The zero-order valence-corrected chi connectivity index (χ0v) is 12.9. The SMILES string of the molecule is CCCS(=O)(=O)CC(=O)NCC(C(=O)O)c1ccc(F)cc1. The van der Waals surface area contributed by atoms with Crippen LogP contribution >= 0.6 is 0 Å². The summed E-state index contributed by atoms with van der Waals surface area (Å²) in [6.07, 6.45) is 0.406. The summed E-state index contributed by atoms with van der Waals surface area (Å²) >= 11 is 0. The lowest BCUT2D eigenvalue weighted by atomic mass is 9.99. The van der Waals surface area contributed by atoms with Gasteiger partial charge in [0.05, 0.1) is 11.7 Å². The zero-order valence-electron chi connectivity index (χ0n) is 12.1. The van der Waals surface area contributed by atoms with E-state index in [0.29, 0.717) is 12.0 Å². The second kappa shape index (κ2) is 7.88. The van der Waals surface area contributed by atoms with Gasteiger partial charge in [-0.05, 0) is 24.1 Å². The molecule has 0 bridgehead atoms. The average Bonchev–Trinajstić information content (AvgIpc) is 2.39. The predicted molar refractivity (Wildman–Crippen MR) is 78.7 cm³/mol. The molecule has 0 aliphatic rings. The van der Waals surface area contributed by atoms with Crippen molar-refractivity contribution in [3.63, 3.8) is 0 Å². The molecule has 22 heavy (non-hydrogen) atoms. The molecule has 0 fully saturated rings. The third-order valence-corrected chi connectivity index (χ3v) is 4.67. The molecule has 0 aromatic heterocycles. The molecule has 8 heteroatoms. The fourth-order valence-electron chi connectivity index (χ4n) is 1.89. The minimum Gasteiger partial charge on any atom is -0.481 e. The highest BCUT2D eigenvalue weighted by atomic mass is 32.2. The molecule has 1 amide bonds. The Kier molecular flexibility index (Phi) is 6.48. The van der Waals surface area contributed by atoms with Crippen LogP contribution in [0.2, 0.25) is 0 Å². The van der Waals surface area contributed by atoms with Crippen LogP contribution in [0, 0.1) is 5.82 Å². The molecule has 0 radical (unpaired) electrons. The number of amides is 1. The number of benzene rings is 1. The number of hydrogen-bond donors (Lipinski definition) is 2. The number of carboxylic acids is 1. The molecule has 1 unspecified atom stereocenters. The van der Waals surface area contributed by atoms with E-state index in [0.717, 1.165) is 12.1 Å². The number of aliphatic carboxylic acids is 1. The van der Waals surface area contributed by atoms with Gasteiger partial charge in [-0.1, -0.05) is 19.1 Å². The fourth-order valence-corrected chi connectivity index (χ4v) is 3.16. The fraction of sp³-hybridized carbons (Fsp3) is 0.429. The molecule has 0 saturated heterocycles. The van der Waals surface area contributed by atoms with Gasteiger partial charge in [0.25, 0.3) is 0 Å². The number of halogens is 1. The molecular formula is C14H18FNO5S. The van der Waals surface area contributed by atoms with Gasteiger partial charge >= 0.3 is 5.97 Å². The topological polar surface area (TPSA) is 101 Å². The second-order valence-corrected chi connectivity index (χ2v) is 7.02. The number of hydrogen-bond acceptors (Lipinski definition) is 4. The molecule has 1 aromatic carbocycles. The van der Waals surface area contributed by atoms with Crippen LogP contribution in [0.4, 0.5) is 4.39 Å². The van der Waals surface area contributed by atoms with Crippen molar-refractivity contribution in [2.24, 2.45) is 0 Å². The van der Waals surface area contributed by atoms with E-state index < -0.39 is 39.2 Å². The lowest BCUT2D eigenvalue weighted by molar-refractivity contribution is -0.138. The molecule has 122 valence electrons. The highest BCUT2D eigenvalue weighted by Crippen LogP contribution is 2.16. The first-order chi connectivity index (χ1) is 10.2. The number of rotatable bonds is 8. The summed E-state index contributed by atoms with van der Waals surface area (Å²) in [6.45, 7) is 1.42. The lowest BCUT2D eigenvalue weighted by Crippen LogP contribution is -2.36. The van der Waals surface area contributed by atoms with E-state index in [2.05, 4.69) is 5.32 Å². The summed E-state index contributed by atoms with van der Waals surface area (Å²) in [5.41, 5.74) is 0.325. The van der Waals surface area contributed by atoms with Gasteiger partial charge in [0.1, 0.15) is 11.6 Å². The van der Waals surface area contributed by atoms with Crippen LogP contribution in [0.15, 0.2) is 24.3 Å². The molecule has 0 aliphatic heterocycles.